The molecule has 1 N–H and O–H groups in total. The van der Waals surface area contributed by atoms with Crippen LogP contribution in [0.1, 0.15) is 18.4 Å². The molecule has 1 aliphatic carbocycles. The van der Waals surface area contributed by atoms with Gasteiger partial charge in [0.1, 0.15) is 0 Å². The van der Waals surface area contributed by atoms with Crippen molar-refractivity contribution in [2.75, 3.05) is 11.9 Å². The first-order valence-electron chi connectivity index (χ1n) is 6.28. The number of rotatable bonds is 2. The van der Waals surface area contributed by atoms with Crippen molar-refractivity contribution in [2.45, 2.75) is 24.3 Å². The van der Waals surface area contributed by atoms with Crippen LogP contribution in [-0.2, 0) is 6.18 Å². The number of aliphatic imine (C=N–C) groups is 1. The van der Waals surface area contributed by atoms with E-state index in [2.05, 4.69) is 10.3 Å². The average Bonchev–Trinajstić information content (AvgIpc) is 3.12. The predicted molar refractivity (Wildman–Crippen MR) is 76.5 cm³/mol. The summed E-state index contributed by atoms with van der Waals surface area (Å²) < 4.78 is 38.0. The summed E-state index contributed by atoms with van der Waals surface area (Å²) in [5.74, 6) is 0.708. The van der Waals surface area contributed by atoms with Crippen molar-refractivity contribution in [1.82, 2.24) is 0 Å². The maximum atomic E-state index is 12.7. The molecule has 0 radical (unpaired) electrons. The molecule has 0 aromatic heterocycles. The Hall–Kier alpha value is -0.880. The summed E-state index contributed by atoms with van der Waals surface area (Å²) in [4.78, 5) is 4.34. The van der Waals surface area contributed by atoms with Gasteiger partial charge in [-0.3, -0.25) is 4.99 Å². The van der Waals surface area contributed by atoms with Gasteiger partial charge in [0.15, 0.2) is 5.17 Å². The number of anilines is 1. The van der Waals surface area contributed by atoms with Crippen LogP contribution in [0.15, 0.2) is 23.2 Å². The number of halogens is 4. The Morgan fingerprint density at radius 3 is 2.70 bits per heavy atom. The number of amidine groups is 1. The Bertz CT molecular complexity index is 555. The van der Waals surface area contributed by atoms with Crippen LogP contribution in [0.3, 0.4) is 0 Å². The quantitative estimate of drug-likeness (QED) is 0.857. The Morgan fingerprint density at radius 2 is 2.05 bits per heavy atom. The zero-order chi connectivity index (χ0) is 14.3. The van der Waals surface area contributed by atoms with Crippen LogP contribution >= 0.6 is 23.4 Å². The van der Waals surface area contributed by atoms with E-state index in [0.717, 1.165) is 18.7 Å². The van der Waals surface area contributed by atoms with Crippen molar-refractivity contribution in [1.29, 1.82) is 0 Å². The van der Waals surface area contributed by atoms with E-state index in [1.165, 1.54) is 18.9 Å². The molecule has 0 bridgehead atoms. The molecule has 1 aromatic rings. The lowest BCUT2D eigenvalue weighted by molar-refractivity contribution is -0.137. The normalized spacial score (nSPS) is 22.8. The molecule has 1 aromatic carbocycles. The molecule has 2 nitrogen and oxygen atoms in total. The van der Waals surface area contributed by atoms with E-state index in [0.29, 0.717) is 16.3 Å². The lowest BCUT2D eigenvalue weighted by atomic mass is 10.2. The molecule has 108 valence electrons. The highest BCUT2D eigenvalue weighted by Gasteiger charge is 2.35. The largest absolute Gasteiger partial charge is 0.416 e. The minimum absolute atomic E-state index is 0.254. The second kappa shape index (κ2) is 5.15. The van der Waals surface area contributed by atoms with Crippen molar-refractivity contribution < 1.29 is 13.2 Å². The summed E-state index contributed by atoms with van der Waals surface area (Å²) in [5.41, 5.74) is -0.462. The van der Waals surface area contributed by atoms with Gasteiger partial charge in [-0.15, -0.1) is 0 Å². The van der Waals surface area contributed by atoms with Crippen LogP contribution in [0.2, 0.25) is 5.02 Å². The Balaban J connectivity index is 1.73. The summed E-state index contributed by atoms with van der Waals surface area (Å²) in [6.07, 6.45) is -1.92. The molecular formula is C13H12ClF3N2S. The highest BCUT2D eigenvalue weighted by atomic mass is 35.5. The van der Waals surface area contributed by atoms with Crippen molar-refractivity contribution >= 4 is 34.2 Å². The minimum atomic E-state index is -4.37. The number of hydrogen-bond donors (Lipinski definition) is 1. The maximum absolute atomic E-state index is 12.7. The van der Waals surface area contributed by atoms with Crippen molar-refractivity contribution in [3.63, 3.8) is 0 Å². The number of nitrogens with one attached hydrogen (secondary N) is 1. The first kappa shape index (κ1) is 14.1. The van der Waals surface area contributed by atoms with E-state index < -0.39 is 11.7 Å². The van der Waals surface area contributed by atoms with Crippen molar-refractivity contribution in [3.05, 3.63) is 28.8 Å². The van der Waals surface area contributed by atoms with Crippen LogP contribution in [0, 0.1) is 5.92 Å². The van der Waals surface area contributed by atoms with Gasteiger partial charge in [-0.05, 0) is 37.0 Å². The maximum Gasteiger partial charge on any atom is 0.416 e. The number of hydrogen-bond acceptors (Lipinski definition) is 3. The smallest absolute Gasteiger partial charge is 0.334 e. The third-order valence-corrected chi connectivity index (χ3v) is 4.98. The van der Waals surface area contributed by atoms with Crippen molar-refractivity contribution in [2.24, 2.45) is 10.9 Å². The number of thioether (sulfide) groups is 1. The molecule has 0 saturated heterocycles. The molecule has 20 heavy (non-hydrogen) atoms. The van der Waals surface area contributed by atoms with Crippen LogP contribution in [0.5, 0.6) is 0 Å². The summed E-state index contributed by atoms with van der Waals surface area (Å²) in [6.45, 7) is 0.730. The van der Waals surface area contributed by atoms with Gasteiger partial charge in [0.05, 0.1) is 22.8 Å². The van der Waals surface area contributed by atoms with Gasteiger partial charge >= 0.3 is 6.18 Å². The second-order valence-electron chi connectivity index (χ2n) is 4.96. The topological polar surface area (TPSA) is 24.4 Å². The Morgan fingerprint density at radius 1 is 1.30 bits per heavy atom. The molecule has 1 unspecified atom stereocenters. The predicted octanol–water partition coefficient (Wildman–Crippen LogP) is 4.65. The van der Waals surface area contributed by atoms with Gasteiger partial charge < -0.3 is 5.32 Å². The molecule has 1 fully saturated rings. The average molecular weight is 321 g/mol. The van der Waals surface area contributed by atoms with E-state index in [1.54, 1.807) is 11.8 Å². The molecule has 2 aliphatic rings. The molecule has 7 heteroatoms. The van der Waals surface area contributed by atoms with E-state index >= 15 is 0 Å². The Kier molecular flexibility index (Phi) is 3.62. The molecule has 1 aliphatic heterocycles. The van der Waals surface area contributed by atoms with Crippen LogP contribution in [0.4, 0.5) is 18.9 Å². The van der Waals surface area contributed by atoms with Crippen LogP contribution in [-0.4, -0.2) is 17.0 Å². The fourth-order valence-corrected chi connectivity index (χ4v) is 3.47. The van der Waals surface area contributed by atoms with Gasteiger partial charge in [-0.25, -0.2) is 0 Å². The number of alkyl halides is 3. The van der Waals surface area contributed by atoms with Crippen molar-refractivity contribution in [3.8, 4) is 0 Å². The second-order valence-corrected chi connectivity index (χ2v) is 6.59. The SMILES string of the molecule is FC(F)(F)c1ccc(Cl)c(NC2=NCC(C3CC3)S2)c1. The number of benzene rings is 1. The summed E-state index contributed by atoms with van der Waals surface area (Å²) >= 11 is 7.54. The molecule has 0 spiro atoms. The van der Waals surface area contributed by atoms with Gasteiger partial charge in [0, 0.05) is 5.25 Å². The minimum Gasteiger partial charge on any atom is -0.334 e. The van der Waals surface area contributed by atoms with Gasteiger partial charge in [0.25, 0.3) is 0 Å². The fraction of sp³-hybridized carbons (Fsp3) is 0.462. The molecule has 1 saturated carbocycles. The zero-order valence-corrected chi connectivity index (χ0v) is 11.9. The molecule has 1 atom stereocenters. The van der Waals surface area contributed by atoms with Gasteiger partial charge in [-0.1, -0.05) is 23.4 Å². The first-order valence-corrected chi connectivity index (χ1v) is 7.54. The fourth-order valence-electron chi connectivity index (χ4n) is 2.09. The third kappa shape index (κ3) is 3.06. The Labute approximate surface area is 123 Å². The van der Waals surface area contributed by atoms with Crippen LogP contribution < -0.4 is 5.32 Å². The first-order chi connectivity index (χ1) is 9.43. The summed E-state index contributed by atoms with van der Waals surface area (Å²) in [5, 5.41) is 4.29. The van der Waals surface area contributed by atoms with E-state index in [-0.39, 0.29) is 10.7 Å². The lowest BCUT2D eigenvalue weighted by Crippen LogP contribution is -2.11. The van der Waals surface area contributed by atoms with Gasteiger partial charge in [-0.2, -0.15) is 13.2 Å². The summed E-state index contributed by atoms with van der Waals surface area (Å²) in [7, 11) is 0. The molecule has 0 amide bonds. The highest BCUT2D eigenvalue weighted by Crippen LogP contribution is 2.42. The number of nitrogens with zero attached hydrogens (tertiary/aromatic N) is 1. The standard InChI is InChI=1S/C13H12ClF3N2S/c14-9-4-3-8(13(15,16)17)5-10(9)19-12-18-6-11(20-12)7-1-2-7/h3-5,7,11H,1-2,6H2,(H,18,19). The molecular weight excluding hydrogens is 309 g/mol. The highest BCUT2D eigenvalue weighted by molar-refractivity contribution is 8.15. The van der Waals surface area contributed by atoms with E-state index in [9.17, 15) is 13.2 Å². The zero-order valence-electron chi connectivity index (χ0n) is 10.4. The molecule has 1 heterocycles. The third-order valence-electron chi connectivity index (χ3n) is 3.36. The van der Waals surface area contributed by atoms with E-state index in [1.807, 2.05) is 0 Å². The van der Waals surface area contributed by atoms with Gasteiger partial charge in [0.2, 0.25) is 0 Å². The van der Waals surface area contributed by atoms with Crippen LogP contribution in [0.25, 0.3) is 0 Å². The monoisotopic (exact) mass is 320 g/mol. The summed E-state index contributed by atoms with van der Waals surface area (Å²) in [6, 6.07) is 3.26. The molecule has 3 rings (SSSR count). The van der Waals surface area contributed by atoms with E-state index in [4.69, 9.17) is 11.6 Å². The lowest BCUT2D eigenvalue weighted by Gasteiger charge is -2.12.